The van der Waals surface area contributed by atoms with Crippen LogP contribution in [-0.2, 0) is 25.8 Å². The molecule has 2 aliphatic heterocycles. The van der Waals surface area contributed by atoms with E-state index in [0.717, 1.165) is 36.3 Å². The van der Waals surface area contributed by atoms with Crippen molar-refractivity contribution < 1.29 is 16.8 Å². The first-order valence-corrected chi connectivity index (χ1v) is 19.0. The number of halogens is 3. The van der Waals surface area contributed by atoms with Gasteiger partial charge in [-0.15, -0.1) is 11.8 Å². The van der Waals surface area contributed by atoms with Crippen molar-refractivity contribution in [2.45, 2.75) is 60.0 Å². The number of piperidine rings is 2. The van der Waals surface area contributed by atoms with Crippen LogP contribution < -0.4 is 0 Å². The Hall–Kier alpha value is -1.44. The first-order chi connectivity index (χ1) is 20.4. The third kappa shape index (κ3) is 9.07. The van der Waals surface area contributed by atoms with Gasteiger partial charge in [0.15, 0.2) is 0 Å². The zero-order valence-electron chi connectivity index (χ0n) is 24.0. The molecule has 1 aromatic carbocycles. The summed E-state index contributed by atoms with van der Waals surface area (Å²) < 4.78 is 53.0. The van der Waals surface area contributed by atoms with Gasteiger partial charge in [0, 0.05) is 49.2 Å². The van der Waals surface area contributed by atoms with E-state index in [1.807, 2.05) is 0 Å². The van der Waals surface area contributed by atoms with Crippen molar-refractivity contribution in [3.05, 3.63) is 75.8 Å². The highest BCUT2D eigenvalue weighted by molar-refractivity contribution is 7.98. The number of aromatic nitrogens is 2. The summed E-state index contributed by atoms with van der Waals surface area (Å²) in [4.78, 5) is 9.40. The first-order valence-electron chi connectivity index (χ1n) is 14.0. The fourth-order valence-corrected chi connectivity index (χ4v) is 9.22. The lowest BCUT2D eigenvalue weighted by Gasteiger charge is -2.29. The molecule has 0 bridgehead atoms. The molecule has 43 heavy (non-hydrogen) atoms. The Kier molecular flexibility index (Phi) is 12.2. The molecular weight excluding hydrogens is 671 g/mol. The van der Waals surface area contributed by atoms with Crippen LogP contribution in [0.4, 0.5) is 0 Å². The molecule has 8 nitrogen and oxygen atoms in total. The normalized spacial score (nSPS) is 17.8. The van der Waals surface area contributed by atoms with Crippen molar-refractivity contribution in [2.75, 3.05) is 26.2 Å². The molecule has 234 valence electrons. The van der Waals surface area contributed by atoms with Gasteiger partial charge < -0.3 is 0 Å². The van der Waals surface area contributed by atoms with Crippen LogP contribution in [0.15, 0.2) is 69.5 Å². The van der Waals surface area contributed by atoms with Gasteiger partial charge in [-0.1, -0.05) is 54.7 Å². The molecular formula is C29H35Cl3N4O4S3. The fourth-order valence-electron chi connectivity index (χ4n) is 4.68. The van der Waals surface area contributed by atoms with Crippen LogP contribution in [0.2, 0.25) is 15.2 Å². The Morgan fingerprint density at radius 1 is 0.721 bits per heavy atom. The zero-order chi connectivity index (χ0) is 31.2. The van der Waals surface area contributed by atoms with Crippen LogP contribution in [-0.4, -0.2) is 61.6 Å². The molecule has 0 atom stereocenters. The van der Waals surface area contributed by atoms with Gasteiger partial charge in [-0.2, -0.15) is 8.61 Å². The number of sulfonamides is 2. The van der Waals surface area contributed by atoms with Crippen molar-refractivity contribution >= 4 is 66.6 Å². The van der Waals surface area contributed by atoms with Gasteiger partial charge in [0.25, 0.3) is 0 Å². The first kappa shape index (κ1) is 34.4. The second-order valence-electron chi connectivity index (χ2n) is 10.8. The molecule has 2 saturated heterocycles. The van der Waals surface area contributed by atoms with Gasteiger partial charge in [-0.3, -0.25) is 4.98 Å². The number of hydrogen-bond acceptors (Lipinski definition) is 7. The van der Waals surface area contributed by atoms with Crippen molar-refractivity contribution in [2.24, 2.45) is 11.8 Å². The van der Waals surface area contributed by atoms with E-state index in [0.29, 0.717) is 59.0 Å². The molecule has 0 saturated carbocycles. The van der Waals surface area contributed by atoms with E-state index in [-0.39, 0.29) is 9.79 Å². The summed E-state index contributed by atoms with van der Waals surface area (Å²) in [6, 6.07) is 11.8. The Morgan fingerprint density at radius 3 is 1.60 bits per heavy atom. The van der Waals surface area contributed by atoms with E-state index in [1.165, 1.54) is 40.6 Å². The summed E-state index contributed by atoms with van der Waals surface area (Å²) in [5.74, 6) is 1.74. The van der Waals surface area contributed by atoms with E-state index >= 15 is 0 Å². The molecule has 2 fully saturated rings. The second-order valence-corrected chi connectivity index (χ2v) is 16.9. The molecule has 2 aromatic heterocycles. The Balaban J connectivity index is 0.000000215. The third-order valence-corrected chi connectivity index (χ3v) is 13.6. The number of nitrogens with zero attached hydrogens (tertiary/aromatic N) is 4. The average molecular weight is 706 g/mol. The lowest BCUT2D eigenvalue weighted by Crippen LogP contribution is -2.37. The summed E-state index contributed by atoms with van der Waals surface area (Å²) in [7, 11) is -6.85. The number of rotatable bonds is 7. The standard InChI is InChI=1S/C18H20Cl2N2O2S2.C11H15ClN2O2S/c1-13-7-9-22(10-8-13)26(23,24)15-6-5-14(21-11-15)12-25-18-16(19)3-2-4-17(18)20;1-9-4-6-14(7-5-9)17(15,16)10-2-3-11(12)13-8-10/h2-6,11,13H,7-10,12H2,1H3;2-3,8-9H,4-7H2,1H3. The van der Waals surface area contributed by atoms with Crippen LogP contribution in [0.3, 0.4) is 0 Å². The Bertz CT molecular complexity index is 1560. The van der Waals surface area contributed by atoms with Crippen LogP contribution in [0.1, 0.15) is 45.2 Å². The van der Waals surface area contributed by atoms with Crippen LogP contribution in [0.25, 0.3) is 0 Å². The van der Waals surface area contributed by atoms with E-state index in [9.17, 15) is 16.8 Å². The topological polar surface area (TPSA) is 101 Å². The number of pyridine rings is 2. The van der Waals surface area contributed by atoms with Gasteiger partial charge in [-0.05, 0) is 73.9 Å². The van der Waals surface area contributed by atoms with Gasteiger partial charge >= 0.3 is 0 Å². The lowest BCUT2D eigenvalue weighted by molar-refractivity contribution is 0.287. The molecule has 5 rings (SSSR count). The second kappa shape index (κ2) is 15.2. The van der Waals surface area contributed by atoms with Crippen molar-refractivity contribution in [1.29, 1.82) is 0 Å². The predicted octanol–water partition coefficient (Wildman–Crippen LogP) is 7.26. The Morgan fingerprint density at radius 2 is 1.19 bits per heavy atom. The highest BCUT2D eigenvalue weighted by Crippen LogP contribution is 2.35. The van der Waals surface area contributed by atoms with Gasteiger partial charge in [-0.25, -0.2) is 21.8 Å². The van der Waals surface area contributed by atoms with Gasteiger partial charge in [0.05, 0.1) is 15.7 Å². The molecule has 0 spiro atoms. The predicted molar refractivity (Wildman–Crippen MR) is 174 cm³/mol. The summed E-state index contributed by atoms with van der Waals surface area (Å²) >= 11 is 19.5. The van der Waals surface area contributed by atoms with Crippen LogP contribution in [0, 0.1) is 11.8 Å². The van der Waals surface area contributed by atoms with Crippen LogP contribution >= 0.6 is 46.6 Å². The molecule has 2 aliphatic rings. The minimum Gasteiger partial charge on any atom is -0.259 e. The van der Waals surface area contributed by atoms with E-state index in [4.69, 9.17) is 34.8 Å². The number of benzene rings is 1. The molecule has 14 heteroatoms. The SMILES string of the molecule is CC1CCN(S(=O)(=O)c2ccc(CSc3c(Cl)cccc3Cl)nc2)CC1.CC1CCN(S(=O)(=O)c2ccc(Cl)nc2)CC1. The fraction of sp³-hybridized carbons (Fsp3) is 0.448. The quantitative estimate of drug-likeness (QED) is 0.189. The highest BCUT2D eigenvalue weighted by Gasteiger charge is 2.29. The number of hydrogen-bond donors (Lipinski definition) is 0. The molecule has 4 heterocycles. The van der Waals surface area contributed by atoms with Gasteiger partial charge in [0.2, 0.25) is 20.0 Å². The van der Waals surface area contributed by atoms with E-state index in [2.05, 4.69) is 23.8 Å². The maximum Gasteiger partial charge on any atom is 0.244 e. The zero-order valence-corrected chi connectivity index (χ0v) is 28.7. The van der Waals surface area contributed by atoms with Crippen molar-refractivity contribution in [3.63, 3.8) is 0 Å². The summed E-state index contributed by atoms with van der Waals surface area (Å²) in [5, 5.41) is 1.50. The Labute approximate surface area is 274 Å². The lowest BCUT2D eigenvalue weighted by atomic mass is 10.0. The summed E-state index contributed by atoms with van der Waals surface area (Å²) in [6.07, 6.45) is 6.40. The molecule has 0 amide bonds. The number of thioether (sulfide) groups is 1. The monoisotopic (exact) mass is 704 g/mol. The van der Waals surface area contributed by atoms with E-state index < -0.39 is 20.0 Å². The van der Waals surface area contributed by atoms with Gasteiger partial charge in [0.1, 0.15) is 14.9 Å². The van der Waals surface area contributed by atoms with Crippen LogP contribution in [0.5, 0.6) is 0 Å². The molecule has 0 aliphatic carbocycles. The van der Waals surface area contributed by atoms with Crippen molar-refractivity contribution in [3.8, 4) is 0 Å². The maximum atomic E-state index is 12.7. The average Bonchev–Trinajstić information content (AvgIpc) is 2.98. The molecule has 0 N–H and O–H groups in total. The summed E-state index contributed by atoms with van der Waals surface area (Å²) in [5.41, 5.74) is 0.775. The largest absolute Gasteiger partial charge is 0.259 e. The van der Waals surface area contributed by atoms with E-state index in [1.54, 1.807) is 34.6 Å². The highest BCUT2D eigenvalue weighted by atomic mass is 35.5. The third-order valence-electron chi connectivity index (χ3n) is 7.54. The molecule has 0 unspecified atom stereocenters. The molecule has 3 aromatic rings. The van der Waals surface area contributed by atoms with Crippen molar-refractivity contribution in [1.82, 2.24) is 18.6 Å². The minimum absolute atomic E-state index is 0.219. The minimum atomic E-state index is -3.46. The smallest absolute Gasteiger partial charge is 0.244 e. The maximum absolute atomic E-state index is 12.7. The summed E-state index contributed by atoms with van der Waals surface area (Å²) in [6.45, 7) is 6.63. The molecule has 0 radical (unpaired) electrons.